The van der Waals surface area contributed by atoms with Crippen LogP contribution in [0, 0.1) is 0 Å². The first-order valence-electron chi connectivity index (χ1n) is 6.90. The van der Waals surface area contributed by atoms with Gasteiger partial charge in [0.1, 0.15) is 0 Å². The van der Waals surface area contributed by atoms with Crippen molar-refractivity contribution in [2.24, 2.45) is 0 Å². The van der Waals surface area contributed by atoms with Gasteiger partial charge in [-0.15, -0.1) is 11.6 Å². The molecule has 0 bridgehead atoms. The van der Waals surface area contributed by atoms with Gasteiger partial charge in [0.2, 0.25) is 0 Å². The molecule has 2 rings (SSSR count). The number of halogens is 4. The molecule has 0 radical (unpaired) electrons. The van der Waals surface area contributed by atoms with Gasteiger partial charge in [0.25, 0.3) is 0 Å². The maximum absolute atomic E-state index is 12.5. The molecule has 0 aliphatic carbocycles. The molecule has 1 atom stereocenters. The molecule has 0 saturated heterocycles. The molecular weight excluding hydrogens is 311 g/mol. The molecule has 1 unspecified atom stereocenters. The van der Waals surface area contributed by atoms with E-state index in [1.807, 2.05) is 42.3 Å². The van der Waals surface area contributed by atoms with Crippen LogP contribution in [0.3, 0.4) is 0 Å². The van der Waals surface area contributed by atoms with Crippen LogP contribution in [0.25, 0.3) is 0 Å². The highest BCUT2D eigenvalue weighted by molar-refractivity contribution is 6.21. The normalized spacial score (nSPS) is 13.4. The molecule has 118 valence electrons. The smallest absolute Gasteiger partial charge is 0.300 e. The minimum atomic E-state index is -4.32. The largest absolute Gasteiger partial charge is 0.416 e. The molecular formula is C17H17ClF3N. The van der Waals surface area contributed by atoms with Gasteiger partial charge in [0.05, 0.1) is 10.9 Å². The number of benzene rings is 2. The van der Waals surface area contributed by atoms with Crippen molar-refractivity contribution < 1.29 is 13.2 Å². The maximum Gasteiger partial charge on any atom is 0.416 e. The Balaban J connectivity index is 1.95. The minimum absolute atomic E-state index is 0.351. The Kier molecular flexibility index (Phi) is 5.48. The van der Waals surface area contributed by atoms with Gasteiger partial charge in [0.15, 0.2) is 0 Å². The highest BCUT2D eigenvalue weighted by Crippen LogP contribution is 2.31. The number of likely N-dealkylation sites (N-methyl/N-ethyl adjacent to an activating group) is 1. The van der Waals surface area contributed by atoms with Gasteiger partial charge in [-0.1, -0.05) is 42.5 Å². The van der Waals surface area contributed by atoms with E-state index in [1.165, 1.54) is 17.7 Å². The molecule has 2 aromatic rings. The molecule has 5 heteroatoms. The summed E-state index contributed by atoms with van der Waals surface area (Å²) in [6, 6.07) is 15.0. The molecule has 0 spiro atoms. The molecule has 0 amide bonds. The molecule has 22 heavy (non-hydrogen) atoms. The lowest BCUT2D eigenvalue weighted by Gasteiger charge is -2.20. The Bertz CT molecular complexity index is 581. The fourth-order valence-corrected chi connectivity index (χ4v) is 2.60. The van der Waals surface area contributed by atoms with Crippen LogP contribution in [0.4, 0.5) is 13.2 Å². The van der Waals surface area contributed by atoms with Crippen LogP contribution >= 0.6 is 11.6 Å². The lowest BCUT2D eigenvalue weighted by molar-refractivity contribution is -0.137. The van der Waals surface area contributed by atoms with Crippen molar-refractivity contribution in [3.05, 3.63) is 71.3 Å². The summed E-state index contributed by atoms with van der Waals surface area (Å²) in [5.41, 5.74) is 1.20. The Hall–Kier alpha value is -1.52. The zero-order valence-corrected chi connectivity index (χ0v) is 12.9. The van der Waals surface area contributed by atoms with E-state index in [2.05, 4.69) is 0 Å². The third-order valence-electron chi connectivity index (χ3n) is 3.37. The number of hydrogen-bond acceptors (Lipinski definition) is 1. The first-order valence-corrected chi connectivity index (χ1v) is 7.33. The minimum Gasteiger partial charge on any atom is -0.300 e. The van der Waals surface area contributed by atoms with Gasteiger partial charge in [-0.25, -0.2) is 0 Å². The van der Waals surface area contributed by atoms with E-state index in [0.717, 1.165) is 18.7 Å². The van der Waals surface area contributed by atoms with Crippen molar-refractivity contribution in [3.8, 4) is 0 Å². The molecule has 1 nitrogen and oxygen atoms in total. The van der Waals surface area contributed by atoms with E-state index in [4.69, 9.17) is 11.6 Å². The first-order chi connectivity index (χ1) is 10.4. The van der Waals surface area contributed by atoms with Crippen LogP contribution in [0.5, 0.6) is 0 Å². The molecule has 0 aliphatic rings. The quantitative estimate of drug-likeness (QED) is 0.689. The molecule has 0 N–H and O–H groups in total. The van der Waals surface area contributed by atoms with Crippen molar-refractivity contribution in [2.75, 3.05) is 13.6 Å². The van der Waals surface area contributed by atoms with Gasteiger partial charge in [-0.3, -0.25) is 0 Å². The summed E-state index contributed by atoms with van der Waals surface area (Å²) in [6.07, 6.45) is -4.32. The molecule has 0 aromatic heterocycles. The van der Waals surface area contributed by atoms with E-state index < -0.39 is 11.7 Å². The summed E-state index contributed by atoms with van der Waals surface area (Å²) in [5.74, 6) is 0. The van der Waals surface area contributed by atoms with Crippen molar-refractivity contribution >= 4 is 11.6 Å². The second-order valence-corrected chi connectivity index (χ2v) is 5.80. The predicted octanol–water partition coefficient (Wildman–Crippen LogP) is 5.12. The molecule has 0 aliphatic heterocycles. The summed E-state index contributed by atoms with van der Waals surface area (Å²) in [4.78, 5) is 2.05. The highest BCUT2D eigenvalue weighted by Gasteiger charge is 2.30. The zero-order valence-electron chi connectivity index (χ0n) is 12.1. The van der Waals surface area contributed by atoms with E-state index in [9.17, 15) is 13.2 Å². The van der Waals surface area contributed by atoms with Gasteiger partial charge in [-0.2, -0.15) is 13.2 Å². The fraction of sp³-hybridized carbons (Fsp3) is 0.294. The summed E-state index contributed by atoms with van der Waals surface area (Å²) in [6.45, 7) is 1.30. The molecule has 0 heterocycles. The topological polar surface area (TPSA) is 3.24 Å². The van der Waals surface area contributed by atoms with Gasteiger partial charge in [0, 0.05) is 13.1 Å². The van der Waals surface area contributed by atoms with Gasteiger partial charge >= 0.3 is 6.18 Å². The summed E-state index contributed by atoms with van der Waals surface area (Å²) < 4.78 is 37.6. The van der Waals surface area contributed by atoms with Crippen LogP contribution in [-0.4, -0.2) is 18.5 Å². The lowest BCUT2D eigenvalue weighted by Crippen LogP contribution is -2.22. The molecule has 2 aromatic carbocycles. The van der Waals surface area contributed by atoms with Crippen LogP contribution in [0.2, 0.25) is 0 Å². The SMILES string of the molecule is CN(Cc1ccccc1)CC(Cl)c1ccc(C(F)(F)F)cc1. The Morgan fingerprint density at radius 1 is 1.00 bits per heavy atom. The van der Waals surface area contributed by atoms with Crippen molar-refractivity contribution in [3.63, 3.8) is 0 Å². The zero-order chi connectivity index (χ0) is 16.2. The fourth-order valence-electron chi connectivity index (χ4n) is 2.22. The van der Waals surface area contributed by atoms with Crippen LogP contribution in [0.15, 0.2) is 54.6 Å². The molecule has 0 saturated carbocycles. The van der Waals surface area contributed by atoms with Crippen LogP contribution < -0.4 is 0 Å². The third kappa shape index (κ3) is 4.75. The standard InChI is InChI=1S/C17H17ClF3N/c1-22(11-13-5-3-2-4-6-13)12-16(18)14-7-9-15(10-8-14)17(19,20)21/h2-10,16H,11-12H2,1H3. The second kappa shape index (κ2) is 7.16. The lowest BCUT2D eigenvalue weighted by atomic mass is 10.1. The molecule has 0 fully saturated rings. The predicted molar refractivity (Wildman–Crippen MR) is 82.8 cm³/mol. The van der Waals surface area contributed by atoms with Gasteiger partial charge < -0.3 is 4.90 Å². The van der Waals surface area contributed by atoms with E-state index in [1.54, 1.807) is 0 Å². The van der Waals surface area contributed by atoms with E-state index >= 15 is 0 Å². The first kappa shape index (κ1) is 16.8. The summed E-state index contributed by atoms with van der Waals surface area (Å²) >= 11 is 6.31. The Labute approximate surface area is 133 Å². The Morgan fingerprint density at radius 2 is 1.59 bits per heavy atom. The average molecular weight is 328 g/mol. The summed E-state index contributed by atoms with van der Waals surface area (Å²) in [7, 11) is 1.94. The van der Waals surface area contributed by atoms with Crippen LogP contribution in [0.1, 0.15) is 22.1 Å². The second-order valence-electron chi connectivity index (χ2n) is 5.27. The van der Waals surface area contributed by atoms with E-state index in [-0.39, 0.29) is 5.38 Å². The van der Waals surface area contributed by atoms with Crippen molar-refractivity contribution in [1.29, 1.82) is 0 Å². The number of rotatable bonds is 5. The Morgan fingerprint density at radius 3 is 2.14 bits per heavy atom. The average Bonchev–Trinajstić information content (AvgIpc) is 2.47. The highest BCUT2D eigenvalue weighted by atomic mass is 35.5. The van der Waals surface area contributed by atoms with Crippen molar-refractivity contribution in [2.45, 2.75) is 18.1 Å². The van der Waals surface area contributed by atoms with E-state index in [0.29, 0.717) is 12.1 Å². The van der Waals surface area contributed by atoms with Gasteiger partial charge in [-0.05, 0) is 30.3 Å². The number of hydrogen-bond donors (Lipinski definition) is 0. The van der Waals surface area contributed by atoms with Crippen LogP contribution in [-0.2, 0) is 12.7 Å². The monoisotopic (exact) mass is 327 g/mol. The summed E-state index contributed by atoms with van der Waals surface area (Å²) in [5, 5.41) is -0.351. The third-order valence-corrected chi connectivity index (χ3v) is 3.76. The van der Waals surface area contributed by atoms with Crippen molar-refractivity contribution in [1.82, 2.24) is 4.90 Å². The maximum atomic E-state index is 12.5. The number of alkyl halides is 4. The number of nitrogens with zero attached hydrogens (tertiary/aromatic N) is 1.